The molecule has 0 radical (unpaired) electrons. The van der Waals surface area contributed by atoms with Crippen molar-refractivity contribution in [2.75, 3.05) is 18.1 Å². The maximum atomic E-state index is 12.0. The number of hydrogen-bond acceptors (Lipinski definition) is 4. The molecule has 1 aromatic carbocycles. The molecular weight excluding hydrogens is 322 g/mol. The van der Waals surface area contributed by atoms with Crippen LogP contribution in [0, 0.1) is 19.8 Å². The van der Waals surface area contributed by atoms with Gasteiger partial charge in [0.1, 0.15) is 0 Å². The quantitative estimate of drug-likeness (QED) is 0.770. The molecule has 1 heterocycles. The highest BCUT2D eigenvalue weighted by Gasteiger charge is 2.13. The number of carbonyl (C=O) groups excluding carboxylic acids is 1. The largest absolute Gasteiger partial charge is 0.396 e. The number of thioether (sulfide) groups is 1. The predicted octanol–water partition coefficient (Wildman–Crippen LogP) is 2.47. The maximum Gasteiger partial charge on any atom is 0.230 e. The number of rotatable bonds is 8. The zero-order valence-electron chi connectivity index (χ0n) is 14.5. The van der Waals surface area contributed by atoms with Crippen LogP contribution >= 0.6 is 11.8 Å². The molecule has 0 spiro atoms. The highest BCUT2D eigenvalue weighted by Crippen LogP contribution is 2.17. The summed E-state index contributed by atoms with van der Waals surface area (Å²) in [6.07, 6.45) is 0. The van der Waals surface area contributed by atoms with E-state index >= 15 is 0 Å². The van der Waals surface area contributed by atoms with Gasteiger partial charge in [-0.25, -0.2) is 4.68 Å². The van der Waals surface area contributed by atoms with E-state index in [2.05, 4.69) is 10.4 Å². The van der Waals surface area contributed by atoms with E-state index in [-0.39, 0.29) is 18.4 Å². The third-order valence-corrected chi connectivity index (χ3v) is 5.12. The fourth-order valence-electron chi connectivity index (χ4n) is 2.39. The molecule has 0 saturated carbocycles. The molecule has 1 amide bonds. The Morgan fingerprint density at radius 3 is 2.71 bits per heavy atom. The van der Waals surface area contributed by atoms with Crippen molar-refractivity contribution in [2.24, 2.45) is 5.92 Å². The van der Waals surface area contributed by atoms with Crippen molar-refractivity contribution in [1.82, 2.24) is 15.1 Å². The molecule has 1 atom stereocenters. The number of benzene rings is 1. The summed E-state index contributed by atoms with van der Waals surface area (Å²) in [4.78, 5) is 12.0. The minimum Gasteiger partial charge on any atom is -0.396 e. The molecule has 0 fully saturated rings. The third-order valence-electron chi connectivity index (χ3n) is 3.85. The molecule has 0 aliphatic carbocycles. The normalized spacial score (nSPS) is 12.2. The first-order valence-corrected chi connectivity index (χ1v) is 9.24. The summed E-state index contributed by atoms with van der Waals surface area (Å²) < 4.78 is 1.91. The number of aliphatic hydroxyl groups is 1. The van der Waals surface area contributed by atoms with Crippen LogP contribution in [-0.4, -0.2) is 38.9 Å². The minimum absolute atomic E-state index is 0.0106. The topological polar surface area (TPSA) is 67.2 Å². The Labute approximate surface area is 147 Å². The molecule has 1 aromatic heterocycles. The van der Waals surface area contributed by atoms with Gasteiger partial charge in [-0.2, -0.15) is 16.9 Å². The standard InChI is InChI=1S/C18H25N3O2S/c1-13(10-22)11-24-12-18(23)19-9-17-14(2)20-21(15(17)3)16-7-5-4-6-8-16/h4-8,13,22H,9-12H2,1-3H3,(H,19,23). The Hall–Kier alpha value is -1.79. The van der Waals surface area contributed by atoms with Crippen molar-refractivity contribution >= 4 is 17.7 Å². The molecule has 0 bridgehead atoms. The van der Waals surface area contributed by atoms with E-state index < -0.39 is 0 Å². The van der Waals surface area contributed by atoms with Gasteiger partial charge in [0.15, 0.2) is 0 Å². The summed E-state index contributed by atoms with van der Waals surface area (Å²) >= 11 is 1.55. The van der Waals surface area contributed by atoms with Crippen molar-refractivity contribution in [3.05, 3.63) is 47.3 Å². The lowest BCUT2D eigenvalue weighted by atomic mass is 10.2. The lowest BCUT2D eigenvalue weighted by Crippen LogP contribution is -2.25. The average molecular weight is 347 g/mol. The van der Waals surface area contributed by atoms with Crippen molar-refractivity contribution in [3.8, 4) is 5.69 Å². The second kappa shape index (κ2) is 8.89. The van der Waals surface area contributed by atoms with Gasteiger partial charge in [0.25, 0.3) is 0 Å². The fraction of sp³-hybridized carbons (Fsp3) is 0.444. The lowest BCUT2D eigenvalue weighted by molar-refractivity contribution is -0.118. The molecule has 2 N–H and O–H groups in total. The van der Waals surface area contributed by atoms with Crippen LogP contribution in [0.2, 0.25) is 0 Å². The van der Waals surface area contributed by atoms with Gasteiger partial charge in [0.2, 0.25) is 5.91 Å². The van der Waals surface area contributed by atoms with Gasteiger partial charge in [-0.15, -0.1) is 0 Å². The molecule has 0 aliphatic heterocycles. The predicted molar refractivity (Wildman–Crippen MR) is 98.5 cm³/mol. The Morgan fingerprint density at radius 1 is 1.33 bits per heavy atom. The van der Waals surface area contributed by atoms with Gasteiger partial charge >= 0.3 is 0 Å². The molecule has 0 aliphatic rings. The Morgan fingerprint density at radius 2 is 2.04 bits per heavy atom. The number of aliphatic hydroxyl groups excluding tert-OH is 1. The van der Waals surface area contributed by atoms with Gasteiger partial charge in [-0.05, 0) is 37.7 Å². The van der Waals surface area contributed by atoms with Gasteiger partial charge in [-0.1, -0.05) is 25.1 Å². The first-order valence-electron chi connectivity index (χ1n) is 8.08. The molecular formula is C18H25N3O2S. The summed E-state index contributed by atoms with van der Waals surface area (Å²) in [5, 5.41) is 16.5. The highest BCUT2D eigenvalue weighted by atomic mass is 32.2. The second-order valence-corrected chi connectivity index (χ2v) is 7.01. The van der Waals surface area contributed by atoms with E-state index in [1.165, 1.54) is 0 Å². The maximum absolute atomic E-state index is 12.0. The molecule has 2 aromatic rings. The van der Waals surface area contributed by atoms with Gasteiger partial charge in [0.05, 0.1) is 17.1 Å². The highest BCUT2D eigenvalue weighted by molar-refractivity contribution is 7.99. The van der Waals surface area contributed by atoms with Crippen LogP contribution in [0.3, 0.4) is 0 Å². The van der Waals surface area contributed by atoms with E-state index in [0.29, 0.717) is 12.3 Å². The lowest BCUT2D eigenvalue weighted by Gasteiger charge is -2.09. The summed E-state index contributed by atoms with van der Waals surface area (Å²) in [6, 6.07) is 9.98. The van der Waals surface area contributed by atoms with E-state index in [1.54, 1.807) is 11.8 Å². The van der Waals surface area contributed by atoms with Gasteiger partial charge < -0.3 is 10.4 Å². The molecule has 24 heavy (non-hydrogen) atoms. The molecule has 2 rings (SSSR count). The Bertz CT molecular complexity index is 670. The smallest absolute Gasteiger partial charge is 0.230 e. The van der Waals surface area contributed by atoms with E-state index in [9.17, 15) is 4.79 Å². The van der Waals surface area contributed by atoms with Crippen LogP contribution < -0.4 is 5.32 Å². The summed E-state index contributed by atoms with van der Waals surface area (Å²) in [5.74, 6) is 1.43. The van der Waals surface area contributed by atoms with Crippen molar-refractivity contribution in [2.45, 2.75) is 27.3 Å². The van der Waals surface area contributed by atoms with E-state index in [0.717, 1.165) is 28.4 Å². The molecule has 6 heteroatoms. The number of amides is 1. The zero-order chi connectivity index (χ0) is 17.5. The number of carbonyl (C=O) groups is 1. The number of nitrogens with zero attached hydrogens (tertiary/aromatic N) is 2. The average Bonchev–Trinajstić information content (AvgIpc) is 2.88. The van der Waals surface area contributed by atoms with Gasteiger partial charge in [0, 0.05) is 24.4 Å². The van der Waals surface area contributed by atoms with E-state index in [4.69, 9.17) is 5.11 Å². The van der Waals surface area contributed by atoms with Crippen LogP contribution in [0.4, 0.5) is 0 Å². The number of aromatic nitrogens is 2. The summed E-state index contributed by atoms with van der Waals surface area (Å²) in [5.41, 5.74) is 4.05. The first-order chi connectivity index (χ1) is 11.5. The fourth-order valence-corrected chi connectivity index (χ4v) is 3.31. The SMILES string of the molecule is Cc1nn(-c2ccccc2)c(C)c1CNC(=O)CSCC(C)CO. The molecule has 5 nitrogen and oxygen atoms in total. The minimum atomic E-state index is 0.0106. The van der Waals surface area contributed by atoms with Crippen molar-refractivity contribution in [1.29, 1.82) is 0 Å². The van der Waals surface area contributed by atoms with Gasteiger partial charge in [-0.3, -0.25) is 4.79 Å². The summed E-state index contributed by atoms with van der Waals surface area (Å²) in [6.45, 7) is 6.60. The third kappa shape index (κ3) is 4.85. The number of para-hydroxylation sites is 1. The van der Waals surface area contributed by atoms with Crippen LogP contribution in [0.5, 0.6) is 0 Å². The van der Waals surface area contributed by atoms with Crippen LogP contribution in [0.1, 0.15) is 23.9 Å². The number of nitrogens with one attached hydrogen (secondary N) is 1. The Balaban J connectivity index is 1.94. The first kappa shape index (κ1) is 18.5. The Kier molecular flexibility index (Phi) is 6.87. The van der Waals surface area contributed by atoms with E-state index in [1.807, 2.05) is 55.8 Å². The van der Waals surface area contributed by atoms with Crippen LogP contribution in [0.15, 0.2) is 30.3 Å². The monoisotopic (exact) mass is 347 g/mol. The molecule has 1 unspecified atom stereocenters. The van der Waals surface area contributed by atoms with Crippen molar-refractivity contribution in [3.63, 3.8) is 0 Å². The second-order valence-electron chi connectivity index (χ2n) is 5.98. The number of aryl methyl sites for hydroxylation is 1. The zero-order valence-corrected chi connectivity index (χ0v) is 15.3. The van der Waals surface area contributed by atoms with Crippen LogP contribution in [-0.2, 0) is 11.3 Å². The van der Waals surface area contributed by atoms with Crippen LogP contribution in [0.25, 0.3) is 5.69 Å². The molecule has 0 saturated heterocycles. The number of hydrogen-bond donors (Lipinski definition) is 2. The molecule has 130 valence electrons. The van der Waals surface area contributed by atoms with Crippen molar-refractivity contribution < 1.29 is 9.90 Å². The summed E-state index contributed by atoms with van der Waals surface area (Å²) in [7, 11) is 0.